The van der Waals surface area contributed by atoms with Crippen LogP contribution in [0.25, 0.3) is 0 Å². The van der Waals surface area contributed by atoms with Crippen molar-refractivity contribution in [2.45, 2.75) is 32.6 Å². The molecule has 0 radical (unpaired) electrons. The average molecular weight is 276 g/mol. The van der Waals surface area contributed by atoms with Crippen molar-refractivity contribution in [3.8, 4) is 5.75 Å². The first kappa shape index (κ1) is 14.6. The van der Waals surface area contributed by atoms with E-state index in [4.69, 9.17) is 9.84 Å². The molecule has 1 aromatic rings. The van der Waals surface area contributed by atoms with Crippen LogP contribution in [0.2, 0.25) is 0 Å². The number of Topliss-reactive ketones (excluding diaryl/α,β-unsaturated/α-hetero) is 1. The molecule has 0 saturated carbocycles. The van der Waals surface area contributed by atoms with Gasteiger partial charge in [-0.15, -0.1) is 0 Å². The number of carbonyl (C=O) groups excluding carboxylic acids is 1. The van der Waals surface area contributed by atoms with E-state index in [9.17, 15) is 9.59 Å². The molecule has 20 heavy (non-hydrogen) atoms. The molecule has 2 atom stereocenters. The van der Waals surface area contributed by atoms with Gasteiger partial charge in [-0.3, -0.25) is 9.59 Å². The Morgan fingerprint density at radius 3 is 2.85 bits per heavy atom. The van der Waals surface area contributed by atoms with Gasteiger partial charge in [-0.25, -0.2) is 0 Å². The van der Waals surface area contributed by atoms with Crippen LogP contribution < -0.4 is 4.74 Å². The highest BCUT2D eigenvalue weighted by Gasteiger charge is 2.31. The van der Waals surface area contributed by atoms with Crippen molar-refractivity contribution in [3.05, 3.63) is 29.3 Å². The smallest absolute Gasteiger partial charge is 0.306 e. The molecule has 0 saturated heterocycles. The Hall–Kier alpha value is -1.84. The first-order chi connectivity index (χ1) is 9.56. The van der Waals surface area contributed by atoms with Crippen LogP contribution in [0.4, 0.5) is 0 Å². The maximum Gasteiger partial charge on any atom is 0.306 e. The van der Waals surface area contributed by atoms with Crippen molar-refractivity contribution in [3.63, 3.8) is 0 Å². The molecular weight excluding hydrogens is 256 g/mol. The second-order valence-corrected chi connectivity index (χ2v) is 5.30. The second-order valence-electron chi connectivity index (χ2n) is 5.30. The van der Waals surface area contributed by atoms with E-state index < -0.39 is 11.9 Å². The molecule has 2 unspecified atom stereocenters. The van der Waals surface area contributed by atoms with E-state index in [0.29, 0.717) is 12.8 Å². The lowest BCUT2D eigenvalue weighted by molar-refractivity contribution is -0.142. The van der Waals surface area contributed by atoms with Gasteiger partial charge in [0.15, 0.2) is 5.78 Å². The average Bonchev–Trinajstić information content (AvgIpc) is 2.45. The Morgan fingerprint density at radius 2 is 2.25 bits per heavy atom. The van der Waals surface area contributed by atoms with Crippen molar-refractivity contribution in [1.82, 2.24) is 0 Å². The summed E-state index contributed by atoms with van der Waals surface area (Å²) >= 11 is 0. The van der Waals surface area contributed by atoms with Gasteiger partial charge in [0.05, 0.1) is 13.0 Å². The Kier molecular flexibility index (Phi) is 4.42. The SMILES string of the molecule is CCC(CC1CCc2cc(OC)ccc2C1=O)C(=O)O. The third-order valence-corrected chi connectivity index (χ3v) is 4.12. The van der Waals surface area contributed by atoms with Gasteiger partial charge in [-0.2, -0.15) is 0 Å². The zero-order valence-corrected chi connectivity index (χ0v) is 11.9. The van der Waals surface area contributed by atoms with E-state index in [-0.39, 0.29) is 11.7 Å². The van der Waals surface area contributed by atoms with Crippen LogP contribution in [0.5, 0.6) is 5.75 Å². The molecule has 0 aliphatic heterocycles. The zero-order chi connectivity index (χ0) is 14.7. The predicted molar refractivity (Wildman–Crippen MR) is 75.2 cm³/mol. The largest absolute Gasteiger partial charge is 0.497 e. The number of ketones is 1. The van der Waals surface area contributed by atoms with Crippen LogP contribution >= 0.6 is 0 Å². The first-order valence-electron chi connectivity index (χ1n) is 7.00. The summed E-state index contributed by atoms with van der Waals surface area (Å²) in [6.07, 6.45) is 2.53. The summed E-state index contributed by atoms with van der Waals surface area (Å²) in [5.41, 5.74) is 1.73. The van der Waals surface area contributed by atoms with E-state index >= 15 is 0 Å². The van der Waals surface area contributed by atoms with Crippen LogP contribution in [-0.2, 0) is 11.2 Å². The number of hydrogen-bond donors (Lipinski definition) is 1. The Balaban J connectivity index is 2.17. The number of benzene rings is 1. The second kappa shape index (κ2) is 6.07. The number of carboxylic acid groups (broad SMARTS) is 1. The quantitative estimate of drug-likeness (QED) is 0.898. The monoisotopic (exact) mass is 276 g/mol. The van der Waals surface area contributed by atoms with Crippen molar-refractivity contribution in [2.75, 3.05) is 7.11 Å². The van der Waals surface area contributed by atoms with Crippen LogP contribution in [0.15, 0.2) is 18.2 Å². The van der Waals surface area contributed by atoms with Gasteiger partial charge < -0.3 is 9.84 Å². The molecule has 0 amide bonds. The van der Waals surface area contributed by atoms with Crippen molar-refractivity contribution in [2.24, 2.45) is 11.8 Å². The maximum atomic E-state index is 12.5. The topological polar surface area (TPSA) is 63.6 Å². The maximum absolute atomic E-state index is 12.5. The minimum Gasteiger partial charge on any atom is -0.497 e. The van der Waals surface area contributed by atoms with Gasteiger partial charge in [-0.05, 0) is 49.4 Å². The van der Waals surface area contributed by atoms with Gasteiger partial charge >= 0.3 is 5.97 Å². The number of rotatable bonds is 5. The van der Waals surface area contributed by atoms with Crippen LogP contribution in [0.1, 0.15) is 42.1 Å². The van der Waals surface area contributed by atoms with Crippen molar-refractivity contribution >= 4 is 11.8 Å². The fraction of sp³-hybridized carbons (Fsp3) is 0.500. The van der Waals surface area contributed by atoms with Gasteiger partial charge in [0.2, 0.25) is 0 Å². The molecule has 1 N–H and O–H groups in total. The van der Waals surface area contributed by atoms with E-state index in [1.807, 2.05) is 13.0 Å². The number of carboxylic acids is 1. The Morgan fingerprint density at radius 1 is 1.50 bits per heavy atom. The lowest BCUT2D eigenvalue weighted by Crippen LogP contribution is -2.27. The lowest BCUT2D eigenvalue weighted by Gasteiger charge is -2.25. The highest BCUT2D eigenvalue weighted by molar-refractivity contribution is 6.00. The highest BCUT2D eigenvalue weighted by Crippen LogP contribution is 2.32. The Bertz CT molecular complexity index is 521. The normalized spacial score (nSPS) is 19.3. The number of methoxy groups -OCH3 is 1. The zero-order valence-electron chi connectivity index (χ0n) is 11.9. The summed E-state index contributed by atoms with van der Waals surface area (Å²) in [5.74, 6) is -0.568. The molecule has 0 bridgehead atoms. The number of aryl methyl sites for hydroxylation is 1. The number of ether oxygens (including phenoxy) is 1. The fourth-order valence-electron chi connectivity index (χ4n) is 2.84. The number of fused-ring (bicyclic) bond motifs is 1. The van der Waals surface area contributed by atoms with Crippen LogP contribution in [-0.4, -0.2) is 24.0 Å². The minimum atomic E-state index is -0.805. The lowest BCUT2D eigenvalue weighted by atomic mass is 9.78. The molecule has 0 fully saturated rings. The molecule has 2 rings (SSSR count). The standard InChI is InChI=1S/C16H20O4/c1-3-10(16(18)19)8-12-5-4-11-9-13(20-2)6-7-14(11)15(12)17/h6-7,9-10,12H,3-5,8H2,1-2H3,(H,18,19). The molecule has 0 aromatic heterocycles. The summed E-state index contributed by atoms with van der Waals surface area (Å²) < 4.78 is 5.17. The molecule has 4 nitrogen and oxygen atoms in total. The molecule has 1 aliphatic rings. The van der Waals surface area contributed by atoms with E-state index in [0.717, 1.165) is 29.7 Å². The summed E-state index contributed by atoms with van der Waals surface area (Å²) in [4.78, 5) is 23.6. The Labute approximate surface area is 118 Å². The summed E-state index contributed by atoms with van der Waals surface area (Å²) in [7, 11) is 1.61. The summed E-state index contributed by atoms with van der Waals surface area (Å²) in [5, 5.41) is 9.13. The van der Waals surface area contributed by atoms with Crippen LogP contribution in [0.3, 0.4) is 0 Å². The van der Waals surface area contributed by atoms with Gasteiger partial charge in [-0.1, -0.05) is 6.92 Å². The van der Waals surface area contributed by atoms with E-state index in [2.05, 4.69) is 0 Å². The first-order valence-corrected chi connectivity index (χ1v) is 7.00. The van der Waals surface area contributed by atoms with Crippen molar-refractivity contribution in [1.29, 1.82) is 0 Å². The molecule has 0 spiro atoms. The van der Waals surface area contributed by atoms with E-state index in [1.165, 1.54) is 0 Å². The third-order valence-electron chi connectivity index (χ3n) is 4.12. The number of carbonyl (C=O) groups is 2. The molecule has 0 heterocycles. The third kappa shape index (κ3) is 2.84. The van der Waals surface area contributed by atoms with Gasteiger partial charge in [0.1, 0.15) is 5.75 Å². The van der Waals surface area contributed by atoms with Crippen LogP contribution in [0, 0.1) is 11.8 Å². The summed E-state index contributed by atoms with van der Waals surface area (Å²) in [6, 6.07) is 5.48. The van der Waals surface area contributed by atoms with Gasteiger partial charge in [0, 0.05) is 11.5 Å². The van der Waals surface area contributed by atoms with Crippen molar-refractivity contribution < 1.29 is 19.4 Å². The van der Waals surface area contributed by atoms with Gasteiger partial charge in [0.25, 0.3) is 0 Å². The molecule has 4 heteroatoms. The fourth-order valence-corrected chi connectivity index (χ4v) is 2.84. The number of aliphatic carboxylic acids is 1. The molecular formula is C16H20O4. The predicted octanol–water partition coefficient (Wildman–Crippen LogP) is 2.94. The minimum absolute atomic E-state index is 0.0774. The number of hydrogen-bond acceptors (Lipinski definition) is 3. The molecule has 108 valence electrons. The molecule has 1 aliphatic carbocycles. The summed E-state index contributed by atoms with van der Waals surface area (Å²) in [6.45, 7) is 1.85. The van der Waals surface area contributed by atoms with E-state index in [1.54, 1.807) is 19.2 Å². The molecule has 1 aromatic carbocycles. The highest BCUT2D eigenvalue weighted by atomic mass is 16.5.